The van der Waals surface area contributed by atoms with E-state index >= 15 is 0 Å². The van der Waals surface area contributed by atoms with Crippen LogP contribution in [0.5, 0.6) is 5.75 Å². The average Bonchev–Trinajstić information content (AvgIpc) is 3.73. The second kappa shape index (κ2) is 13.0. The maximum absolute atomic E-state index is 14.6. The third kappa shape index (κ3) is 7.72. The minimum Gasteiger partial charge on any atom is -0.493 e. The number of carbonyl (C=O) groups is 2. The second-order valence-electron chi connectivity index (χ2n) is 13.0. The van der Waals surface area contributed by atoms with Crippen molar-refractivity contribution in [2.45, 2.75) is 89.9 Å². The van der Waals surface area contributed by atoms with Crippen molar-refractivity contribution in [2.75, 3.05) is 13.2 Å². The van der Waals surface area contributed by atoms with Crippen LogP contribution in [-0.4, -0.2) is 65.0 Å². The molecule has 10 nitrogen and oxygen atoms in total. The lowest BCUT2D eigenvalue weighted by Crippen LogP contribution is -2.43. The molecule has 2 aliphatic carbocycles. The number of aromatic nitrogens is 3. The fourth-order valence-electron chi connectivity index (χ4n) is 5.58. The summed E-state index contributed by atoms with van der Waals surface area (Å²) in [6.45, 7) is 10.1. The molecular formula is C31H42FN5O5Si. The summed E-state index contributed by atoms with van der Waals surface area (Å²) in [5.74, 6) is 0.385. The summed E-state index contributed by atoms with van der Waals surface area (Å²) in [4.78, 5) is 34.0. The van der Waals surface area contributed by atoms with Crippen molar-refractivity contribution in [3.8, 4) is 17.0 Å². The first kappa shape index (κ1) is 30.9. The Bertz CT molecular complexity index is 1480. The van der Waals surface area contributed by atoms with Crippen LogP contribution in [0.4, 0.5) is 9.18 Å². The lowest BCUT2D eigenvalue weighted by molar-refractivity contribution is 0.0877. The maximum atomic E-state index is 14.6. The summed E-state index contributed by atoms with van der Waals surface area (Å²) in [6, 6.07) is 5.23. The molecule has 3 N–H and O–H groups in total. The monoisotopic (exact) mass is 611 g/mol. The second-order valence-corrected chi connectivity index (χ2v) is 18.6. The Morgan fingerprint density at radius 2 is 1.77 bits per heavy atom. The molecule has 2 aromatic heterocycles. The van der Waals surface area contributed by atoms with E-state index in [1.165, 1.54) is 18.5 Å². The Kier molecular flexibility index (Phi) is 9.35. The molecule has 2 heterocycles. The van der Waals surface area contributed by atoms with Gasteiger partial charge in [0.25, 0.3) is 5.91 Å². The molecule has 0 unspecified atom stereocenters. The Morgan fingerprint density at radius 3 is 2.42 bits per heavy atom. The van der Waals surface area contributed by atoms with Gasteiger partial charge >= 0.3 is 6.09 Å². The van der Waals surface area contributed by atoms with E-state index in [9.17, 15) is 14.0 Å². The van der Waals surface area contributed by atoms with E-state index in [2.05, 4.69) is 40.2 Å². The van der Waals surface area contributed by atoms with Gasteiger partial charge in [-0.25, -0.2) is 19.2 Å². The molecule has 3 aromatic rings. The van der Waals surface area contributed by atoms with Gasteiger partial charge in [0, 0.05) is 38.0 Å². The number of rotatable bonds is 12. The van der Waals surface area contributed by atoms with E-state index in [1.54, 1.807) is 6.07 Å². The van der Waals surface area contributed by atoms with Gasteiger partial charge in [-0.1, -0.05) is 19.6 Å². The summed E-state index contributed by atoms with van der Waals surface area (Å²) in [6.07, 6.45) is 5.26. The standard InChI is InChI=1S/C31H42FN5O5Si/c1-19-26(30(38)35-22-8-10-23(11-9-22)36-31(39)40)28-29(37(19)18-41-13-14-43(2,3)4)27(33-17-34-28)24-15-21(32)7-12-25(24)42-16-20-5-6-20/h7,12,15,17,20,22-23,36H,5-6,8-11,13-14,16,18H2,1-4H3,(H,35,38)(H,39,40)/t22-,23-. The highest BCUT2D eigenvalue weighted by atomic mass is 28.3. The van der Waals surface area contributed by atoms with Crippen LogP contribution in [0.1, 0.15) is 54.6 Å². The molecule has 232 valence electrons. The first-order valence-corrected chi connectivity index (χ1v) is 18.9. The lowest BCUT2D eigenvalue weighted by atomic mass is 9.91. The van der Waals surface area contributed by atoms with Gasteiger partial charge in [0.1, 0.15) is 35.8 Å². The summed E-state index contributed by atoms with van der Waals surface area (Å²) in [7, 11) is -1.32. The molecule has 0 saturated heterocycles. The molecule has 1 aromatic carbocycles. The number of carboxylic acid groups (broad SMARTS) is 1. The molecule has 0 radical (unpaired) electrons. The van der Waals surface area contributed by atoms with Crippen LogP contribution in [0.3, 0.4) is 0 Å². The zero-order valence-electron chi connectivity index (χ0n) is 25.4. The van der Waals surface area contributed by atoms with Gasteiger partial charge in [0.2, 0.25) is 0 Å². The fourth-order valence-corrected chi connectivity index (χ4v) is 6.33. The normalized spacial score (nSPS) is 18.9. The van der Waals surface area contributed by atoms with Crippen LogP contribution in [0, 0.1) is 18.7 Å². The third-order valence-electron chi connectivity index (χ3n) is 8.30. The molecule has 43 heavy (non-hydrogen) atoms. The van der Waals surface area contributed by atoms with Crippen molar-refractivity contribution in [1.29, 1.82) is 0 Å². The number of fused-ring (bicyclic) bond motifs is 1. The highest BCUT2D eigenvalue weighted by Crippen LogP contribution is 2.38. The van der Waals surface area contributed by atoms with Crippen molar-refractivity contribution in [2.24, 2.45) is 5.92 Å². The van der Waals surface area contributed by atoms with Gasteiger partial charge in [0.15, 0.2) is 0 Å². The van der Waals surface area contributed by atoms with Gasteiger partial charge in [-0.3, -0.25) is 4.79 Å². The van der Waals surface area contributed by atoms with Crippen molar-refractivity contribution >= 4 is 31.1 Å². The molecule has 2 aliphatic rings. The summed E-state index contributed by atoms with van der Waals surface area (Å²) in [5, 5.41) is 14.7. The number of benzene rings is 1. The van der Waals surface area contributed by atoms with Gasteiger partial charge in [-0.15, -0.1) is 0 Å². The van der Waals surface area contributed by atoms with E-state index in [1.807, 2.05) is 11.5 Å². The first-order chi connectivity index (χ1) is 20.5. The van der Waals surface area contributed by atoms with Crippen LogP contribution in [0.2, 0.25) is 25.7 Å². The zero-order valence-corrected chi connectivity index (χ0v) is 26.4. The Morgan fingerprint density at radius 1 is 1.07 bits per heavy atom. The van der Waals surface area contributed by atoms with Crippen LogP contribution >= 0.6 is 0 Å². The van der Waals surface area contributed by atoms with E-state index in [0.29, 0.717) is 84.1 Å². The number of amides is 2. The number of ether oxygens (including phenoxy) is 2. The molecule has 12 heteroatoms. The van der Waals surface area contributed by atoms with E-state index < -0.39 is 20.0 Å². The number of hydrogen-bond donors (Lipinski definition) is 3. The predicted molar refractivity (Wildman–Crippen MR) is 165 cm³/mol. The highest BCUT2D eigenvalue weighted by molar-refractivity contribution is 6.76. The lowest BCUT2D eigenvalue weighted by Gasteiger charge is -2.28. The minimum atomic E-state index is -1.32. The molecule has 5 rings (SSSR count). The molecule has 2 saturated carbocycles. The van der Waals surface area contributed by atoms with Gasteiger partial charge in [0.05, 0.1) is 17.7 Å². The van der Waals surface area contributed by atoms with Crippen molar-refractivity contribution < 1.29 is 28.6 Å². The van der Waals surface area contributed by atoms with Crippen LogP contribution in [0.15, 0.2) is 24.5 Å². The quantitative estimate of drug-likeness (QED) is 0.170. The van der Waals surface area contributed by atoms with Crippen LogP contribution in [-0.2, 0) is 11.5 Å². The number of nitrogens with one attached hydrogen (secondary N) is 2. The predicted octanol–water partition coefficient (Wildman–Crippen LogP) is 5.96. The summed E-state index contributed by atoms with van der Waals surface area (Å²) >= 11 is 0. The van der Waals surface area contributed by atoms with Crippen molar-refractivity contribution in [1.82, 2.24) is 25.2 Å². The molecule has 0 bridgehead atoms. The molecular weight excluding hydrogens is 569 g/mol. The molecule has 0 atom stereocenters. The Balaban J connectivity index is 1.49. The fraction of sp³-hybridized carbons (Fsp3) is 0.548. The minimum absolute atomic E-state index is 0.0860. The van der Waals surface area contributed by atoms with Gasteiger partial charge < -0.3 is 29.8 Å². The SMILES string of the molecule is Cc1c(C(=O)N[C@H]2CC[C@H](NC(=O)O)CC2)c2ncnc(-c3cc(F)ccc3OCC3CC3)c2n1COCC[Si](C)(C)C. The Hall–Kier alpha value is -3.51. The molecule has 2 amide bonds. The van der Waals surface area contributed by atoms with Crippen molar-refractivity contribution in [3.63, 3.8) is 0 Å². The summed E-state index contributed by atoms with van der Waals surface area (Å²) in [5.41, 5.74) is 3.15. The van der Waals surface area contributed by atoms with E-state index in [-0.39, 0.29) is 24.7 Å². The largest absolute Gasteiger partial charge is 0.493 e. The maximum Gasteiger partial charge on any atom is 0.404 e. The van der Waals surface area contributed by atoms with Crippen LogP contribution < -0.4 is 15.4 Å². The first-order valence-electron chi connectivity index (χ1n) is 15.1. The zero-order chi connectivity index (χ0) is 30.7. The average molecular weight is 612 g/mol. The smallest absolute Gasteiger partial charge is 0.404 e. The van der Waals surface area contributed by atoms with Gasteiger partial charge in [-0.2, -0.15) is 0 Å². The van der Waals surface area contributed by atoms with Crippen LogP contribution in [0.25, 0.3) is 22.3 Å². The van der Waals surface area contributed by atoms with E-state index in [4.69, 9.17) is 14.6 Å². The Labute approximate surface area is 252 Å². The molecule has 0 spiro atoms. The van der Waals surface area contributed by atoms with Crippen molar-refractivity contribution in [3.05, 3.63) is 41.6 Å². The third-order valence-corrected chi connectivity index (χ3v) is 10.0. The number of nitrogens with zero attached hydrogens (tertiary/aromatic N) is 3. The highest BCUT2D eigenvalue weighted by Gasteiger charge is 2.29. The number of halogens is 1. The number of carbonyl (C=O) groups excluding carboxylic acids is 1. The molecule has 0 aliphatic heterocycles. The topological polar surface area (TPSA) is 128 Å². The molecule has 2 fully saturated rings. The summed E-state index contributed by atoms with van der Waals surface area (Å²) < 4.78 is 28.8. The van der Waals surface area contributed by atoms with Gasteiger partial charge in [-0.05, 0) is 75.6 Å². The van der Waals surface area contributed by atoms with E-state index in [0.717, 1.165) is 18.9 Å². The number of hydrogen-bond acceptors (Lipinski definition) is 6.